The number of benzene rings is 10. The van der Waals surface area contributed by atoms with Crippen molar-refractivity contribution in [2.24, 2.45) is 0 Å². The van der Waals surface area contributed by atoms with E-state index in [2.05, 4.69) is 205 Å². The normalized spacial score (nSPS) is 11.9. The van der Waals surface area contributed by atoms with Gasteiger partial charge in [-0.1, -0.05) is 146 Å². The first-order chi connectivity index (χ1) is 28.2. The van der Waals surface area contributed by atoms with Crippen molar-refractivity contribution >= 4 is 103 Å². The Morgan fingerprint density at radius 1 is 0.386 bits per heavy atom. The highest BCUT2D eigenvalue weighted by Crippen LogP contribution is 2.49. The summed E-state index contributed by atoms with van der Waals surface area (Å²) in [4.78, 5) is 2.40. The lowest BCUT2D eigenvalue weighted by Crippen LogP contribution is -2.10. The van der Waals surface area contributed by atoms with Crippen molar-refractivity contribution in [1.29, 1.82) is 0 Å². The van der Waals surface area contributed by atoms with E-state index in [9.17, 15) is 0 Å². The number of furan rings is 1. The Balaban J connectivity index is 1.13. The summed E-state index contributed by atoms with van der Waals surface area (Å²) in [6, 6.07) is 72.7. The molecule has 0 aliphatic carbocycles. The molecule has 0 spiro atoms. The molecule has 2 aromatic heterocycles. The van der Waals surface area contributed by atoms with Crippen LogP contribution in [0.25, 0.3) is 96.7 Å². The molecule has 0 unspecified atom stereocenters. The van der Waals surface area contributed by atoms with E-state index in [1.807, 2.05) is 11.3 Å². The van der Waals surface area contributed by atoms with Crippen molar-refractivity contribution in [3.8, 4) is 22.3 Å². The summed E-state index contributed by atoms with van der Waals surface area (Å²) in [6.07, 6.45) is 0. The van der Waals surface area contributed by atoms with Crippen molar-refractivity contribution in [3.05, 3.63) is 200 Å². The van der Waals surface area contributed by atoms with Crippen LogP contribution in [0, 0.1) is 0 Å². The van der Waals surface area contributed by atoms with Gasteiger partial charge in [-0.25, -0.2) is 0 Å². The van der Waals surface area contributed by atoms with E-state index in [-0.39, 0.29) is 0 Å². The van der Waals surface area contributed by atoms with Gasteiger partial charge in [0.15, 0.2) is 0 Å². The molecule has 0 N–H and O–H groups in total. The first kappa shape index (κ1) is 32.1. The van der Waals surface area contributed by atoms with Crippen LogP contribution in [0.5, 0.6) is 0 Å². The fourth-order valence-corrected chi connectivity index (χ4v) is 10.1. The monoisotopic (exact) mass is 743 g/mol. The Bertz CT molecular complexity index is 3460. The van der Waals surface area contributed by atoms with Crippen LogP contribution in [0.15, 0.2) is 205 Å². The first-order valence-corrected chi connectivity index (χ1v) is 20.2. The molecule has 57 heavy (non-hydrogen) atoms. The molecule has 0 aliphatic heterocycles. The molecule has 0 fully saturated rings. The number of rotatable bonds is 5. The lowest BCUT2D eigenvalue weighted by molar-refractivity contribution is 0.672. The average molecular weight is 744 g/mol. The molecule has 2 heterocycles. The Morgan fingerprint density at radius 2 is 1.04 bits per heavy atom. The van der Waals surface area contributed by atoms with Gasteiger partial charge in [-0.3, -0.25) is 0 Å². The third kappa shape index (κ3) is 5.10. The van der Waals surface area contributed by atoms with Gasteiger partial charge in [0.1, 0.15) is 11.2 Å². The molecule has 266 valence electrons. The SMILES string of the molecule is c1ccc(-c2ccc3sc4c(-c5cc6c(oc7cccc(N(c8ccc9ccccc9c8)c8ccc9ccccc9c8)c76)c6ccccc56)cccc4c3c2)cc1. The molecular weight excluding hydrogens is 711 g/mol. The van der Waals surface area contributed by atoms with Crippen LogP contribution in [-0.4, -0.2) is 0 Å². The van der Waals surface area contributed by atoms with Crippen LogP contribution in [0.1, 0.15) is 0 Å². The van der Waals surface area contributed by atoms with Crippen LogP contribution >= 0.6 is 11.3 Å². The number of fused-ring (bicyclic) bond motifs is 10. The predicted molar refractivity (Wildman–Crippen MR) is 245 cm³/mol. The van der Waals surface area contributed by atoms with Crippen LogP contribution in [0.3, 0.4) is 0 Å². The Labute approximate surface area is 333 Å². The standard InChI is InChI=1S/C54H33NOS/c1-2-12-34(13-3-1)39-26-29-51-47(32-39)45-21-10-20-44(54(45)57-51)46-33-48-52-49(22-11-23-50(52)56-53(48)43-19-9-8-18-42(43)46)55(40-27-24-35-14-4-6-16-37(35)30-40)41-28-25-36-15-5-7-17-38(36)31-41/h1-33H. The van der Waals surface area contributed by atoms with Crippen molar-refractivity contribution < 1.29 is 4.42 Å². The quantitative estimate of drug-likeness (QED) is 0.175. The minimum Gasteiger partial charge on any atom is -0.455 e. The number of nitrogens with zero attached hydrogens (tertiary/aromatic N) is 1. The molecule has 2 nitrogen and oxygen atoms in total. The highest BCUT2D eigenvalue weighted by atomic mass is 32.1. The summed E-state index contributed by atoms with van der Waals surface area (Å²) in [6.45, 7) is 0. The predicted octanol–water partition coefficient (Wildman–Crippen LogP) is 16.2. The zero-order valence-electron chi connectivity index (χ0n) is 30.8. The second-order valence-electron chi connectivity index (χ2n) is 14.9. The zero-order chi connectivity index (χ0) is 37.5. The van der Waals surface area contributed by atoms with E-state index < -0.39 is 0 Å². The summed E-state index contributed by atoms with van der Waals surface area (Å²) >= 11 is 1.88. The van der Waals surface area contributed by atoms with Crippen molar-refractivity contribution in [1.82, 2.24) is 0 Å². The molecule has 0 atom stereocenters. The molecule has 12 aromatic rings. The maximum absolute atomic E-state index is 6.93. The van der Waals surface area contributed by atoms with Gasteiger partial charge in [-0.05, 0) is 98.2 Å². The van der Waals surface area contributed by atoms with Crippen LogP contribution in [-0.2, 0) is 0 Å². The Hall–Kier alpha value is -7.20. The molecule has 3 heteroatoms. The van der Waals surface area contributed by atoms with Gasteiger partial charge in [0.25, 0.3) is 0 Å². The Kier molecular flexibility index (Phi) is 7.13. The highest BCUT2D eigenvalue weighted by molar-refractivity contribution is 7.26. The molecule has 0 bridgehead atoms. The number of hydrogen-bond donors (Lipinski definition) is 0. The number of anilines is 3. The van der Waals surface area contributed by atoms with Crippen molar-refractivity contribution in [3.63, 3.8) is 0 Å². The number of thiophene rings is 1. The first-order valence-electron chi connectivity index (χ1n) is 19.4. The lowest BCUT2D eigenvalue weighted by atomic mass is 9.94. The fraction of sp³-hybridized carbons (Fsp3) is 0. The molecule has 0 radical (unpaired) electrons. The smallest absolute Gasteiger partial charge is 0.143 e. The second kappa shape index (κ2) is 12.7. The van der Waals surface area contributed by atoms with Gasteiger partial charge in [-0.2, -0.15) is 0 Å². The van der Waals surface area contributed by atoms with E-state index in [1.54, 1.807) is 0 Å². The van der Waals surface area contributed by atoms with E-state index >= 15 is 0 Å². The Morgan fingerprint density at radius 3 is 1.79 bits per heavy atom. The molecular formula is C54H33NOS. The largest absolute Gasteiger partial charge is 0.455 e. The van der Waals surface area contributed by atoms with Gasteiger partial charge in [0.05, 0.1) is 11.1 Å². The highest BCUT2D eigenvalue weighted by Gasteiger charge is 2.23. The van der Waals surface area contributed by atoms with Crippen molar-refractivity contribution in [2.45, 2.75) is 0 Å². The fourth-order valence-electron chi connectivity index (χ4n) is 8.92. The van der Waals surface area contributed by atoms with E-state index in [0.29, 0.717) is 0 Å². The maximum atomic E-state index is 6.93. The topological polar surface area (TPSA) is 16.4 Å². The summed E-state index contributed by atoms with van der Waals surface area (Å²) in [5, 5.41) is 11.9. The van der Waals surface area contributed by atoms with Crippen molar-refractivity contribution in [2.75, 3.05) is 4.90 Å². The summed E-state index contributed by atoms with van der Waals surface area (Å²) in [5.41, 5.74) is 9.95. The van der Waals surface area contributed by atoms with Gasteiger partial charge < -0.3 is 9.32 Å². The van der Waals surface area contributed by atoms with E-state index in [1.165, 1.54) is 69.4 Å². The van der Waals surface area contributed by atoms with Crippen LogP contribution in [0.2, 0.25) is 0 Å². The minimum atomic E-state index is 0.866. The molecule has 0 amide bonds. The third-order valence-electron chi connectivity index (χ3n) is 11.6. The molecule has 0 saturated carbocycles. The molecule has 10 aromatic carbocycles. The lowest BCUT2D eigenvalue weighted by Gasteiger charge is -2.27. The second-order valence-corrected chi connectivity index (χ2v) is 15.9. The molecule has 12 rings (SSSR count). The zero-order valence-corrected chi connectivity index (χ0v) is 31.6. The van der Waals surface area contributed by atoms with E-state index in [0.717, 1.165) is 44.4 Å². The average Bonchev–Trinajstić information content (AvgIpc) is 3.85. The maximum Gasteiger partial charge on any atom is 0.143 e. The van der Waals surface area contributed by atoms with Crippen LogP contribution < -0.4 is 4.90 Å². The minimum absolute atomic E-state index is 0.866. The number of hydrogen-bond acceptors (Lipinski definition) is 3. The summed E-state index contributed by atoms with van der Waals surface area (Å²) < 4.78 is 9.51. The molecule has 0 aliphatic rings. The summed E-state index contributed by atoms with van der Waals surface area (Å²) in [5.74, 6) is 0. The third-order valence-corrected chi connectivity index (χ3v) is 12.8. The van der Waals surface area contributed by atoms with Crippen LogP contribution in [0.4, 0.5) is 17.1 Å². The molecule has 0 saturated heterocycles. The van der Waals surface area contributed by atoms with Gasteiger partial charge in [0, 0.05) is 47.9 Å². The van der Waals surface area contributed by atoms with Gasteiger partial charge in [0.2, 0.25) is 0 Å². The summed E-state index contributed by atoms with van der Waals surface area (Å²) in [7, 11) is 0. The van der Waals surface area contributed by atoms with E-state index in [4.69, 9.17) is 4.42 Å². The van der Waals surface area contributed by atoms with Gasteiger partial charge in [-0.15, -0.1) is 11.3 Å². The van der Waals surface area contributed by atoms with Gasteiger partial charge >= 0.3 is 0 Å².